The van der Waals surface area contributed by atoms with Gasteiger partial charge in [0.2, 0.25) is 0 Å². The smallest absolute Gasteiger partial charge is 0.394 e. The van der Waals surface area contributed by atoms with Gasteiger partial charge in [-0.3, -0.25) is 0 Å². The van der Waals surface area contributed by atoms with E-state index in [4.69, 9.17) is 16.8 Å². The van der Waals surface area contributed by atoms with E-state index in [0.29, 0.717) is 5.02 Å². The van der Waals surface area contributed by atoms with Crippen LogP contribution in [0.5, 0.6) is 0 Å². The normalized spacial score (nSPS) is 12.9. The maximum atomic E-state index is 12.0. The summed E-state index contributed by atoms with van der Waals surface area (Å²) in [6.07, 6.45) is -5.67. The van der Waals surface area contributed by atoms with E-state index in [1.807, 2.05) is 0 Å². The van der Waals surface area contributed by atoms with Gasteiger partial charge in [-0.15, -0.1) is 0 Å². The summed E-state index contributed by atoms with van der Waals surface area (Å²) in [5, 5.41) is 11.5. The van der Waals surface area contributed by atoms with Gasteiger partial charge in [-0.05, 0) is 17.7 Å². The van der Waals surface area contributed by atoms with Gasteiger partial charge in [0.15, 0.2) is 0 Å². The van der Waals surface area contributed by atoms with Crippen molar-refractivity contribution < 1.29 is 18.4 Å². The number of alkyl halides is 3. The minimum atomic E-state index is -4.40. The molecule has 1 rings (SSSR count). The van der Waals surface area contributed by atoms with E-state index in [9.17, 15) is 13.2 Å². The third-order valence-corrected chi connectivity index (χ3v) is 1.92. The van der Waals surface area contributed by atoms with Gasteiger partial charge in [-0.1, -0.05) is 28.9 Å². The van der Waals surface area contributed by atoms with Crippen molar-refractivity contribution in [2.75, 3.05) is 0 Å². The second-order valence-electron chi connectivity index (χ2n) is 2.85. The molecule has 0 fully saturated rings. The van der Waals surface area contributed by atoms with Crippen molar-refractivity contribution in [1.82, 2.24) is 0 Å². The lowest BCUT2D eigenvalue weighted by Crippen LogP contribution is -2.15. The van der Waals surface area contributed by atoms with E-state index in [1.165, 1.54) is 24.3 Å². The van der Waals surface area contributed by atoms with Gasteiger partial charge in [-0.2, -0.15) is 13.2 Å². The lowest BCUT2D eigenvalue weighted by Gasteiger charge is -2.07. The molecule has 0 saturated heterocycles. The molecular formula is C9H7ClF3NO. The highest BCUT2D eigenvalue weighted by Gasteiger charge is 2.30. The van der Waals surface area contributed by atoms with Crippen molar-refractivity contribution in [3.8, 4) is 0 Å². The van der Waals surface area contributed by atoms with Crippen LogP contribution in [0.15, 0.2) is 29.4 Å². The predicted molar refractivity (Wildman–Crippen MR) is 50.4 cm³/mol. The fourth-order valence-electron chi connectivity index (χ4n) is 1.03. The molecule has 0 saturated carbocycles. The number of hydrogen-bond acceptors (Lipinski definition) is 2. The largest absolute Gasteiger partial charge is 0.411 e. The Labute approximate surface area is 89.0 Å². The first-order valence-corrected chi connectivity index (χ1v) is 4.34. The Kier molecular flexibility index (Phi) is 3.57. The quantitative estimate of drug-likeness (QED) is 0.477. The van der Waals surface area contributed by atoms with E-state index < -0.39 is 18.3 Å². The van der Waals surface area contributed by atoms with Crippen LogP contribution in [0.3, 0.4) is 0 Å². The molecule has 0 aliphatic rings. The molecule has 1 aromatic carbocycles. The molecule has 0 unspecified atom stereocenters. The number of halogens is 4. The van der Waals surface area contributed by atoms with E-state index >= 15 is 0 Å². The number of rotatable bonds is 2. The van der Waals surface area contributed by atoms with Crippen LogP contribution in [0, 0.1) is 0 Å². The molecule has 82 valence electrons. The van der Waals surface area contributed by atoms with Crippen LogP contribution in [-0.4, -0.2) is 17.1 Å². The highest BCUT2D eigenvalue weighted by Crippen LogP contribution is 2.23. The van der Waals surface area contributed by atoms with Crippen LogP contribution in [0.1, 0.15) is 12.0 Å². The van der Waals surface area contributed by atoms with Crippen LogP contribution >= 0.6 is 11.6 Å². The van der Waals surface area contributed by atoms with Crippen LogP contribution in [0.25, 0.3) is 0 Å². The summed E-state index contributed by atoms with van der Waals surface area (Å²) in [5.41, 5.74) is -0.238. The highest BCUT2D eigenvalue weighted by atomic mass is 35.5. The topological polar surface area (TPSA) is 32.6 Å². The number of hydrogen-bond donors (Lipinski definition) is 1. The van der Waals surface area contributed by atoms with Gasteiger partial charge in [0.25, 0.3) is 0 Å². The van der Waals surface area contributed by atoms with Crippen molar-refractivity contribution in [1.29, 1.82) is 0 Å². The Morgan fingerprint density at radius 1 is 1.27 bits per heavy atom. The zero-order valence-corrected chi connectivity index (χ0v) is 8.18. The van der Waals surface area contributed by atoms with Crippen molar-refractivity contribution >= 4 is 17.3 Å². The van der Waals surface area contributed by atoms with Crippen LogP contribution in [-0.2, 0) is 0 Å². The lowest BCUT2D eigenvalue weighted by atomic mass is 10.1. The molecule has 0 aromatic heterocycles. The van der Waals surface area contributed by atoms with Crippen molar-refractivity contribution in [2.24, 2.45) is 5.16 Å². The minimum Gasteiger partial charge on any atom is -0.411 e. The Balaban J connectivity index is 2.90. The second kappa shape index (κ2) is 4.53. The molecule has 6 heteroatoms. The summed E-state index contributed by atoms with van der Waals surface area (Å²) in [4.78, 5) is 0. The minimum absolute atomic E-state index is 0.194. The SMILES string of the molecule is ON=C(CC(F)(F)F)c1ccc(Cl)cc1. The lowest BCUT2D eigenvalue weighted by molar-refractivity contribution is -0.121. The standard InChI is InChI=1S/C9H7ClF3NO/c10-7-3-1-6(2-4-7)8(14-15)5-9(11,12)13/h1-4,15H,5H2. The Hall–Kier alpha value is -1.23. The molecule has 0 aliphatic heterocycles. The second-order valence-corrected chi connectivity index (χ2v) is 3.28. The molecule has 0 amide bonds. The summed E-state index contributed by atoms with van der Waals surface area (Å²) in [6, 6.07) is 5.59. The summed E-state index contributed by atoms with van der Waals surface area (Å²) in [6.45, 7) is 0. The number of nitrogens with zero attached hydrogens (tertiary/aromatic N) is 1. The van der Waals surface area contributed by atoms with Gasteiger partial charge in [-0.25, -0.2) is 0 Å². The summed E-state index contributed by atoms with van der Waals surface area (Å²) >= 11 is 5.57. The summed E-state index contributed by atoms with van der Waals surface area (Å²) in [7, 11) is 0. The molecule has 0 bridgehead atoms. The molecular weight excluding hydrogens is 231 g/mol. The highest BCUT2D eigenvalue weighted by molar-refractivity contribution is 6.30. The first-order valence-electron chi connectivity index (χ1n) is 3.96. The van der Waals surface area contributed by atoms with Gasteiger partial charge in [0.1, 0.15) is 0 Å². The molecule has 0 atom stereocenters. The monoisotopic (exact) mass is 237 g/mol. The van der Waals surface area contributed by atoms with E-state index in [2.05, 4.69) is 5.16 Å². The van der Waals surface area contributed by atoms with Crippen molar-refractivity contribution in [2.45, 2.75) is 12.6 Å². The molecule has 0 aliphatic carbocycles. The predicted octanol–water partition coefficient (Wildman–Crippen LogP) is 3.47. The molecule has 1 N–H and O–H groups in total. The van der Waals surface area contributed by atoms with E-state index in [-0.39, 0.29) is 5.56 Å². The zero-order chi connectivity index (χ0) is 11.5. The maximum absolute atomic E-state index is 12.0. The molecule has 0 heterocycles. The molecule has 0 radical (unpaired) electrons. The van der Waals surface area contributed by atoms with E-state index in [1.54, 1.807) is 0 Å². The van der Waals surface area contributed by atoms with Crippen molar-refractivity contribution in [3.63, 3.8) is 0 Å². The molecule has 1 aromatic rings. The first-order chi connectivity index (χ1) is 6.92. The Morgan fingerprint density at radius 3 is 2.20 bits per heavy atom. The van der Waals surface area contributed by atoms with Gasteiger partial charge in [0.05, 0.1) is 12.1 Å². The third-order valence-electron chi connectivity index (χ3n) is 1.67. The van der Waals surface area contributed by atoms with Crippen LogP contribution in [0.2, 0.25) is 5.02 Å². The van der Waals surface area contributed by atoms with E-state index in [0.717, 1.165) is 0 Å². The zero-order valence-electron chi connectivity index (χ0n) is 7.42. The molecule has 2 nitrogen and oxygen atoms in total. The summed E-state index contributed by atoms with van der Waals surface area (Å²) in [5.74, 6) is 0. The van der Waals surface area contributed by atoms with Gasteiger partial charge < -0.3 is 5.21 Å². The molecule has 15 heavy (non-hydrogen) atoms. The van der Waals surface area contributed by atoms with Crippen LogP contribution in [0.4, 0.5) is 13.2 Å². The van der Waals surface area contributed by atoms with Crippen molar-refractivity contribution in [3.05, 3.63) is 34.9 Å². The fourth-order valence-corrected chi connectivity index (χ4v) is 1.15. The third kappa shape index (κ3) is 3.79. The Bertz CT molecular complexity index is 359. The Morgan fingerprint density at radius 2 is 1.80 bits per heavy atom. The number of benzene rings is 1. The maximum Gasteiger partial charge on any atom is 0.394 e. The van der Waals surface area contributed by atoms with Crippen LogP contribution < -0.4 is 0 Å². The molecule has 0 spiro atoms. The summed E-state index contributed by atoms with van der Waals surface area (Å²) < 4.78 is 36.1. The van der Waals surface area contributed by atoms with Gasteiger partial charge in [0, 0.05) is 5.02 Å². The average molecular weight is 238 g/mol. The van der Waals surface area contributed by atoms with Gasteiger partial charge >= 0.3 is 6.18 Å². The fraction of sp³-hybridized carbons (Fsp3) is 0.222. The first kappa shape index (κ1) is 11.8. The number of oxime groups is 1. The average Bonchev–Trinajstić information content (AvgIpc) is 2.14.